The molecular formula is C35H33BrN4O. The molecule has 206 valence electrons. The first-order valence-corrected chi connectivity index (χ1v) is 15.2. The van der Waals surface area contributed by atoms with Crippen LogP contribution in [0.15, 0.2) is 89.4 Å². The van der Waals surface area contributed by atoms with E-state index in [2.05, 4.69) is 118 Å². The molecule has 41 heavy (non-hydrogen) atoms. The highest BCUT2D eigenvalue weighted by Crippen LogP contribution is 2.46. The van der Waals surface area contributed by atoms with Gasteiger partial charge in [0.1, 0.15) is 0 Å². The van der Waals surface area contributed by atoms with Gasteiger partial charge >= 0.3 is 0 Å². The van der Waals surface area contributed by atoms with Gasteiger partial charge in [-0.05, 0) is 85.9 Å². The second-order valence-electron chi connectivity index (χ2n) is 11.4. The van der Waals surface area contributed by atoms with Crippen molar-refractivity contribution in [3.05, 3.63) is 106 Å². The van der Waals surface area contributed by atoms with Crippen LogP contribution in [0, 0.1) is 0 Å². The number of benzene rings is 4. The van der Waals surface area contributed by atoms with Crippen LogP contribution in [0.3, 0.4) is 0 Å². The van der Waals surface area contributed by atoms with Crippen LogP contribution in [0.25, 0.3) is 33.0 Å². The molecule has 2 aliphatic heterocycles. The van der Waals surface area contributed by atoms with Gasteiger partial charge in [-0.1, -0.05) is 79.7 Å². The largest absolute Gasteiger partial charge is 0.384 e. The average Bonchev–Trinajstić information content (AvgIpc) is 3.52. The van der Waals surface area contributed by atoms with E-state index in [1.807, 2.05) is 16.6 Å². The third-order valence-corrected chi connectivity index (χ3v) is 10.0. The highest BCUT2D eigenvalue weighted by Gasteiger charge is 2.43. The van der Waals surface area contributed by atoms with Gasteiger partial charge in [-0.2, -0.15) is 5.10 Å². The number of piperidine rings is 1. The number of halogens is 1. The molecule has 5 nitrogen and oxygen atoms in total. The third kappa shape index (κ3) is 4.36. The molecule has 5 aromatic rings. The van der Waals surface area contributed by atoms with Gasteiger partial charge in [0, 0.05) is 37.8 Å². The first-order chi connectivity index (χ1) is 20.0. The molecule has 1 amide bonds. The minimum atomic E-state index is 0.0215. The van der Waals surface area contributed by atoms with Gasteiger partial charge in [-0.25, -0.2) is 0 Å². The number of anilines is 1. The SMILES string of the molecule is CCc1c(Br)c(C(=O)N2CCC3(CC2)CNc2ccc(-c4ccc(-c5cccc6ccccc56)cc4)cc23)nn1C. The van der Waals surface area contributed by atoms with Crippen molar-refractivity contribution >= 4 is 38.3 Å². The molecule has 0 bridgehead atoms. The number of hydrogen-bond donors (Lipinski definition) is 1. The Hall–Kier alpha value is -3.90. The molecule has 0 radical (unpaired) electrons. The van der Waals surface area contributed by atoms with Gasteiger partial charge in [0.25, 0.3) is 5.91 Å². The molecular weight excluding hydrogens is 572 g/mol. The zero-order chi connectivity index (χ0) is 28.1. The summed E-state index contributed by atoms with van der Waals surface area (Å²) in [5.74, 6) is 0.0215. The zero-order valence-corrected chi connectivity index (χ0v) is 25.0. The summed E-state index contributed by atoms with van der Waals surface area (Å²) in [6, 6.07) is 30.9. The van der Waals surface area contributed by atoms with E-state index in [9.17, 15) is 4.79 Å². The molecule has 7 rings (SSSR count). The monoisotopic (exact) mass is 604 g/mol. The van der Waals surface area contributed by atoms with Crippen LogP contribution in [0.1, 0.15) is 41.5 Å². The van der Waals surface area contributed by atoms with Crippen molar-refractivity contribution in [2.24, 2.45) is 7.05 Å². The summed E-state index contributed by atoms with van der Waals surface area (Å²) >= 11 is 3.63. The molecule has 0 aliphatic carbocycles. The Bertz CT molecular complexity index is 1780. The summed E-state index contributed by atoms with van der Waals surface area (Å²) in [4.78, 5) is 15.4. The lowest BCUT2D eigenvalue weighted by Gasteiger charge is -2.39. The van der Waals surface area contributed by atoms with E-state index in [-0.39, 0.29) is 11.3 Å². The Morgan fingerprint density at radius 1 is 0.927 bits per heavy atom. The van der Waals surface area contributed by atoms with Crippen molar-refractivity contribution in [1.29, 1.82) is 0 Å². The molecule has 1 aromatic heterocycles. The smallest absolute Gasteiger partial charge is 0.275 e. The summed E-state index contributed by atoms with van der Waals surface area (Å²) in [5, 5.41) is 10.7. The normalized spacial score (nSPS) is 15.7. The molecule has 1 saturated heterocycles. The maximum atomic E-state index is 13.4. The van der Waals surface area contributed by atoms with Crippen molar-refractivity contribution in [2.75, 3.05) is 25.0 Å². The van der Waals surface area contributed by atoms with E-state index in [1.54, 1.807) is 0 Å². The molecule has 0 unspecified atom stereocenters. The van der Waals surface area contributed by atoms with E-state index >= 15 is 0 Å². The van der Waals surface area contributed by atoms with Gasteiger partial charge in [0.15, 0.2) is 5.69 Å². The molecule has 0 saturated carbocycles. The minimum absolute atomic E-state index is 0.0215. The zero-order valence-electron chi connectivity index (χ0n) is 23.5. The fraction of sp³-hybridized carbons (Fsp3) is 0.257. The van der Waals surface area contributed by atoms with Crippen molar-refractivity contribution in [3.8, 4) is 22.3 Å². The number of carbonyl (C=O) groups is 1. The number of amides is 1. The highest BCUT2D eigenvalue weighted by molar-refractivity contribution is 9.10. The summed E-state index contributed by atoms with van der Waals surface area (Å²) in [5.41, 5.74) is 9.17. The second kappa shape index (κ2) is 10.2. The van der Waals surface area contributed by atoms with Crippen LogP contribution in [0.2, 0.25) is 0 Å². The number of carbonyl (C=O) groups excluding carboxylic acids is 1. The lowest BCUT2D eigenvalue weighted by atomic mass is 9.73. The number of nitrogens with one attached hydrogen (secondary N) is 1. The molecule has 2 aliphatic rings. The third-order valence-electron chi connectivity index (χ3n) is 9.17. The van der Waals surface area contributed by atoms with Crippen molar-refractivity contribution in [3.63, 3.8) is 0 Å². The van der Waals surface area contributed by atoms with E-state index in [0.717, 1.165) is 49.1 Å². The van der Waals surface area contributed by atoms with Crippen molar-refractivity contribution < 1.29 is 4.79 Å². The Kier molecular flexibility index (Phi) is 6.46. The molecule has 1 fully saturated rings. The summed E-state index contributed by atoms with van der Waals surface area (Å²) < 4.78 is 2.65. The summed E-state index contributed by atoms with van der Waals surface area (Å²) in [6.07, 6.45) is 2.71. The van der Waals surface area contributed by atoms with Gasteiger partial charge in [0.2, 0.25) is 0 Å². The first kappa shape index (κ1) is 26.0. The van der Waals surface area contributed by atoms with Gasteiger partial charge in [-0.15, -0.1) is 0 Å². The lowest BCUT2D eigenvalue weighted by molar-refractivity contribution is 0.0668. The van der Waals surface area contributed by atoms with Gasteiger partial charge in [-0.3, -0.25) is 9.48 Å². The lowest BCUT2D eigenvalue weighted by Crippen LogP contribution is -2.46. The van der Waals surface area contributed by atoms with Crippen molar-refractivity contribution in [1.82, 2.24) is 14.7 Å². The Morgan fingerprint density at radius 2 is 1.63 bits per heavy atom. The Morgan fingerprint density at radius 3 is 2.39 bits per heavy atom. The quantitative estimate of drug-likeness (QED) is 0.227. The molecule has 1 spiro atoms. The molecule has 4 aromatic carbocycles. The standard InChI is InChI=1S/C35H33BrN4O/c1-3-31-32(36)33(38-39(31)2)34(41)40-19-17-35(18-20-40)22-37-30-16-15-26(21-29(30)35)23-11-13-25(14-12-23)28-10-6-8-24-7-4-5-9-27(24)28/h4-16,21,37H,3,17-20,22H2,1-2H3. The van der Waals surface area contributed by atoms with Crippen LogP contribution < -0.4 is 5.32 Å². The van der Waals surface area contributed by atoms with Crippen LogP contribution in [0.5, 0.6) is 0 Å². The predicted molar refractivity (Wildman–Crippen MR) is 170 cm³/mol. The van der Waals surface area contributed by atoms with Crippen LogP contribution >= 0.6 is 15.9 Å². The van der Waals surface area contributed by atoms with E-state index < -0.39 is 0 Å². The number of fused-ring (bicyclic) bond motifs is 3. The highest BCUT2D eigenvalue weighted by atomic mass is 79.9. The number of aromatic nitrogens is 2. The topological polar surface area (TPSA) is 50.2 Å². The fourth-order valence-electron chi connectivity index (χ4n) is 6.78. The summed E-state index contributed by atoms with van der Waals surface area (Å²) in [6.45, 7) is 4.46. The van der Waals surface area contributed by atoms with E-state index in [1.165, 1.54) is 44.3 Å². The maximum Gasteiger partial charge on any atom is 0.275 e. The maximum absolute atomic E-state index is 13.4. The second-order valence-corrected chi connectivity index (χ2v) is 12.2. The van der Waals surface area contributed by atoms with E-state index in [4.69, 9.17) is 0 Å². The predicted octanol–water partition coefficient (Wildman–Crippen LogP) is 7.83. The van der Waals surface area contributed by atoms with Crippen molar-refractivity contribution in [2.45, 2.75) is 31.6 Å². The number of rotatable bonds is 4. The molecule has 0 atom stereocenters. The summed E-state index contributed by atoms with van der Waals surface area (Å²) in [7, 11) is 1.90. The number of nitrogens with zero attached hydrogens (tertiary/aromatic N) is 3. The van der Waals surface area contributed by atoms with Gasteiger partial charge < -0.3 is 10.2 Å². The number of hydrogen-bond acceptors (Lipinski definition) is 3. The Labute approximate surface area is 249 Å². The van der Waals surface area contributed by atoms with Crippen LogP contribution in [-0.4, -0.2) is 40.2 Å². The number of likely N-dealkylation sites (tertiary alicyclic amines) is 1. The molecule has 6 heteroatoms. The van der Waals surface area contributed by atoms with Crippen LogP contribution in [0.4, 0.5) is 5.69 Å². The first-order valence-electron chi connectivity index (χ1n) is 14.4. The van der Waals surface area contributed by atoms with Crippen LogP contribution in [-0.2, 0) is 18.9 Å². The fourth-order valence-corrected chi connectivity index (χ4v) is 7.57. The molecule has 3 heterocycles. The Balaban J connectivity index is 1.12. The van der Waals surface area contributed by atoms with E-state index in [0.29, 0.717) is 5.69 Å². The number of aryl methyl sites for hydroxylation is 1. The minimum Gasteiger partial charge on any atom is -0.384 e. The van der Waals surface area contributed by atoms with Gasteiger partial charge in [0.05, 0.1) is 10.2 Å². The molecule has 1 N–H and O–H groups in total. The average molecular weight is 606 g/mol.